The third kappa shape index (κ3) is 5.53. The third-order valence-electron chi connectivity index (χ3n) is 4.86. The van der Waals surface area contributed by atoms with Crippen molar-refractivity contribution in [1.82, 2.24) is 20.2 Å². The Hall–Kier alpha value is -3.48. The minimum Gasteiger partial charge on any atom is -0.493 e. The summed E-state index contributed by atoms with van der Waals surface area (Å²) < 4.78 is 12.8. The molecule has 1 aromatic heterocycles. The van der Waals surface area contributed by atoms with Crippen molar-refractivity contribution in [2.75, 3.05) is 21.3 Å². The molecule has 0 amide bonds. The van der Waals surface area contributed by atoms with Gasteiger partial charge < -0.3 is 24.7 Å². The number of rotatable bonds is 8. The van der Waals surface area contributed by atoms with Gasteiger partial charge in [0, 0.05) is 39.1 Å². The molecule has 0 aliphatic heterocycles. The monoisotopic (exact) mass is 407 g/mol. The summed E-state index contributed by atoms with van der Waals surface area (Å²) >= 11 is 0. The summed E-state index contributed by atoms with van der Waals surface area (Å²) in [7, 11) is 5.03. The number of ether oxygens (including phenoxy) is 2. The Balaban J connectivity index is 1.55. The van der Waals surface area contributed by atoms with Gasteiger partial charge in [0.15, 0.2) is 17.5 Å². The highest BCUT2D eigenvalue weighted by atomic mass is 16.5. The second kappa shape index (κ2) is 10.3. The number of methoxy groups -OCH3 is 2. The molecule has 0 bridgehead atoms. The van der Waals surface area contributed by atoms with Gasteiger partial charge in [-0.3, -0.25) is 4.99 Å². The Labute approximate surface area is 177 Å². The van der Waals surface area contributed by atoms with E-state index in [2.05, 4.69) is 49.4 Å². The molecule has 0 fully saturated rings. The highest BCUT2D eigenvalue weighted by molar-refractivity contribution is 5.79. The number of aryl methyl sites for hydroxylation is 1. The smallest absolute Gasteiger partial charge is 0.191 e. The lowest BCUT2D eigenvalue weighted by molar-refractivity contribution is 0.354. The summed E-state index contributed by atoms with van der Waals surface area (Å²) in [5, 5.41) is 6.70. The number of aliphatic imine (C=N–C) groups is 1. The second-order valence-corrected chi connectivity index (χ2v) is 6.89. The molecule has 0 aliphatic rings. The molecule has 2 aromatic carbocycles. The first kappa shape index (κ1) is 21.2. The van der Waals surface area contributed by atoms with Crippen LogP contribution < -0.4 is 20.1 Å². The predicted molar refractivity (Wildman–Crippen MR) is 119 cm³/mol. The van der Waals surface area contributed by atoms with Crippen LogP contribution in [0.2, 0.25) is 0 Å². The van der Waals surface area contributed by atoms with Crippen LogP contribution in [0.15, 0.2) is 59.9 Å². The quantitative estimate of drug-likeness (QED) is 0.443. The predicted octanol–water partition coefficient (Wildman–Crippen LogP) is 3.12. The Bertz CT molecular complexity index is 997. The van der Waals surface area contributed by atoms with Gasteiger partial charge in [-0.15, -0.1) is 0 Å². The highest BCUT2D eigenvalue weighted by Crippen LogP contribution is 2.27. The molecule has 30 heavy (non-hydrogen) atoms. The van der Waals surface area contributed by atoms with Crippen LogP contribution >= 0.6 is 0 Å². The molecular weight excluding hydrogens is 378 g/mol. The minimum atomic E-state index is 0.625. The van der Waals surface area contributed by atoms with Crippen LogP contribution in [0.25, 0.3) is 0 Å². The maximum atomic E-state index is 5.37. The van der Waals surface area contributed by atoms with Crippen LogP contribution in [0.4, 0.5) is 0 Å². The van der Waals surface area contributed by atoms with E-state index in [1.54, 1.807) is 21.3 Å². The zero-order valence-electron chi connectivity index (χ0n) is 18.0. The summed E-state index contributed by atoms with van der Waals surface area (Å²) in [4.78, 5) is 8.60. The first-order valence-electron chi connectivity index (χ1n) is 9.84. The van der Waals surface area contributed by atoms with Crippen molar-refractivity contribution in [1.29, 1.82) is 0 Å². The van der Waals surface area contributed by atoms with E-state index in [-0.39, 0.29) is 0 Å². The fourth-order valence-electron chi connectivity index (χ4n) is 3.19. The van der Waals surface area contributed by atoms with Crippen molar-refractivity contribution in [3.05, 3.63) is 77.4 Å². The molecular formula is C23H29N5O2. The van der Waals surface area contributed by atoms with E-state index in [1.165, 1.54) is 11.1 Å². The van der Waals surface area contributed by atoms with Crippen molar-refractivity contribution < 1.29 is 9.47 Å². The van der Waals surface area contributed by atoms with Gasteiger partial charge in [-0.1, -0.05) is 30.3 Å². The van der Waals surface area contributed by atoms with Gasteiger partial charge in [-0.25, -0.2) is 4.98 Å². The lowest BCUT2D eigenvalue weighted by Gasteiger charge is -2.14. The molecule has 0 saturated carbocycles. The third-order valence-corrected chi connectivity index (χ3v) is 4.86. The fourth-order valence-corrected chi connectivity index (χ4v) is 3.19. The number of nitrogens with zero attached hydrogens (tertiary/aromatic N) is 3. The van der Waals surface area contributed by atoms with Gasteiger partial charge in [0.05, 0.1) is 14.2 Å². The van der Waals surface area contributed by atoms with E-state index in [1.807, 2.05) is 37.5 Å². The van der Waals surface area contributed by atoms with Gasteiger partial charge in [0.1, 0.15) is 5.82 Å². The molecule has 0 atom stereocenters. The van der Waals surface area contributed by atoms with Crippen molar-refractivity contribution in [3.8, 4) is 11.5 Å². The number of imidazole rings is 1. The largest absolute Gasteiger partial charge is 0.493 e. The van der Waals surface area contributed by atoms with Crippen LogP contribution in [0.3, 0.4) is 0 Å². The van der Waals surface area contributed by atoms with Gasteiger partial charge in [-0.2, -0.15) is 0 Å². The summed E-state index contributed by atoms with van der Waals surface area (Å²) in [5.41, 5.74) is 3.51. The standard InChI is InChI=1S/C23H29N5O2/c1-17-25-10-11-28(17)16-20-7-5-6-18(12-20)14-26-23(24-2)27-15-19-8-9-21(29-3)22(13-19)30-4/h5-13H,14-16H2,1-4H3,(H2,24,26,27). The van der Waals surface area contributed by atoms with Gasteiger partial charge >= 0.3 is 0 Å². The average Bonchev–Trinajstić information content (AvgIpc) is 3.18. The topological polar surface area (TPSA) is 72.7 Å². The van der Waals surface area contributed by atoms with Crippen LogP contribution in [0, 0.1) is 6.92 Å². The van der Waals surface area contributed by atoms with E-state index in [9.17, 15) is 0 Å². The number of hydrogen-bond acceptors (Lipinski definition) is 4. The Morgan fingerprint density at radius 3 is 2.30 bits per heavy atom. The molecule has 0 saturated heterocycles. The summed E-state index contributed by atoms with van der Waals surface area (Å²) in [6.07, 6.45) is 3.83. The zero-order chi connectivity index (χ0) is 21.3. The Morgan fingerprint density at radius 2 is 1.67 bits per heavy atom. The fraction of sp³-hybridized carbons (Fsp3) is 0.304. The van der Waals surface area contributed by atoms with E-state index < -0.39 is 0 Å². The molecule has 3 aromatic rings. The van der Waals surface area contributed by atoms with Gasteiger partial charge in [0.2, 0.25) is 0 Å². The van der Waals surface area contributed by atoms with E-state index >= 15 is 0 Å². The number of benzene rings is 2. The van der Waals surface area contributed by atoms with E-state index in [4.69, 9.17) is 9.47 Å². The minimum absolute atomic E-state index is 0.625. The highest BCUT2D eigenvalue weighted by Gasteiger charge is 2.06. The van der Waals surface area contributed by atoms with E-state index in [0.717, 1.165) is 29.6 Å². The Morgan fingerprint density at radius 1 is 0.967 bits per heavy atom. The summed E-state index contributed by atoms with van der Waals surface area (Å²) in [6, 6.07) is 14.4. The molecule has 0 aliphatic carbocycles. The molecule has 1 heterocycles. The molecule has 7 heteroatoms. The number of hydrogen-bond donors (Lipinski definition) is 2. The van der Waals surface area contributed by atoms with Crippen LogP contribution in [0.5, 0.6) is 11.5 Å². The van der Waals surface area contributed by atoms with Crippen LogP contribution in [0.1, 0.15) is 22.5 Å². The van der Waals surface area contributed by atoms with Gasteiger partial charge in [0.25, 0.3) is 0 Å². The first-order valence-corrected chi connectivity index (χ1v) is 9.84. The first-order chi connectivity index (χ1) is 14.6. The van der Waals surface area contributed by atoms with Crippen LogP contribution in [-0.2, 0) is 19.6 Å². The summed E-state index contributed by atoms with van der Waals surface area (Å²) in [6.45, 7) is 4.13. The molecule has 3 rings (SSSR count). The molecule has 7 nitrogen and oxygen atoms in total. The molecule has 0 unspecified atom stereocenters. The zero-order valence-corrected chi connectivity index (χ0v) is 18.0. The molecule has 0 radical (unpaired) electrons. The molecule has 158 valence electrons. The van der Waals surface area contributed by atoms with E-state index in [0.29, 0.717) is 18.8 Å². The maximum Gasteiger partial charge on any atom is 0.191 e. The SMILES string of the molecule is CN=C(NCc1cccc(Cn2ccnc2C)c1)NCc1ccc(OC)c(OC)c1. The lowest BCUT2D eigenvalue weighted by Crippen LogP contribution is -2.36. The number of guanidine groups is 1. The number of aromatic nitrogens is 2. The summed E-state index contributed by atoms with van der Waals surface area (Å²) in [5.74, 6) is 3.18. The molecule has 0 spiro atoms. The normalized spacial score (nSPS) is 11.3. The maximum absolute atomic E-state index is 5.37. The van der Waals surface area contributed by atoms with Crippen molar-refractivity contribution >= 4 is 5.96 Å². The lowest BCUT2D eigenvalue weighted by atomic mass is 10.1. The average molecular weight is 408 g/mol. The second-order valence-electron chi connectivity index (χ2n) is 6.89. The van der Waals surface area contributed by atoms with Crippen molar-refractivity contribution in [2.45, 2.75) is 26.6 Å². The van der Waals surface area contributed by atoms with Crippen LogP contribution in [-0.4, -0.2) is 36.8 Å². The number of nitrogens with one attached hydrogen (secondary N) is 2. The molecule has 2 N–H and O–H groups in total. The Kier molecular flexibility index (Phi) is 7.32. The van der Waals surface area contributed by atoms with Crippen molar-refractivity contribution in [3.63, 3.8) is 0 Å². The van der Waals surface area contributed by atoms with Crippen molar-refractivity contribution in [2.24, 2.45) is 4.99 Å². The van der Waals surface area contributed by atoms with Gasteiger partial charge in [-0.05, 0) is 35.7 Å².